The van der Waals surface area contributed by atoms with Gasteiger partial charge < -0.3 is 9.47 Å². The zero-order valence-electron chi connectivity index (χ0n) is 17.4. The van der Waals surface area contributed by atoms with E-state index in [2.05, 4.69) is 0 Å². The number of para-hydroxylation sites is 2. The van der Waals surface area contributed by atoms with E-state index < -0.39 is 27.5 Å². The molecule has 3 rings (SSSR count). The number of rotatable bonds is 9. The van der Waals surface area contributed by atoms with Gasteiger partial charge in [-0.3, -0.25) is 14.9 Å². The van der Waals surface area contributed by atoms with Crippen molar-refractivity contribution in [2.75, 3.05) is 17.5 Å². The average Bonchev–Trinajstić information content (AvgIpc) is 2.79. The number of nitro groups is 1. The minimum Gasteiger partial charge on any atom is -0.494 e. The fourth-order valence-corrected chi connectivity index (χ4v) is 4.44. The average molecular weight is 491 g/mol. The summed E-state index contributed by atoms with van der Waals surface area (Å²) in [5, 5.41) is 11.5. The number of hydrogen-bond donors (Lipinski definition) is 0. The van der Waals surface area contributed by atoms with Crippen LogP contribution < -0.4 is 13.8 Å². The summed E-state index contributed by atoms with van der Waals surface area (Å²) in [7, 11) is -4.36. The molecule has 0 aliphatic heterocycles. The van der Waals surface area contributed by atoms with Crippen LogP contribution in [-0.2, 0) is 14.8 Å². The molecule has 0 aliphatic rings. The van der Waals surface area contributed by atoms with Crippen molar-refractivity contribution >= 4 is 38.9 Å². The van der Waals surface area contributed by atoms with Gasteiger partial charge in [-0.25, -0.2) is 8.42 Å². The maximum absolute atomic E-state index is 13.3. The van der Waals surface area contributed by atoms with E-state index in [0.717, 1.165) is 0 Å². The van der Waals surface area contributed by atoms with Gasteiger partial charge in [0.05, 0.1) is 22.1 Å². The van der Waals surface area contributed by atoms with Crippen LogP contribution in [0.5, 0.6) is 11.5 Å². The Morgan fingerprint density at radius 3 is 2.24 bits per heavy atom. The van der Waals surface area contributed by atoms with Gasteiger partial charge in [-0.2, -0.15) is 4.31 Å². The molecule has 0 aliphatic carbocycles. The fraction of sp³-hybridized carbons (Fsp3) is 0.136. The lowest BCUT2D eigenvalue weighted by Gasteiger charge is -2.23. The van der Waals surface area contributed by atoms with Crippen molar-refractivity contribution in [2.24, 2.45) is 0 Å². The summed E-state index contributed by atoms with van der Waals surface area (Å²) in [4.78, 5) is 23.5. The molecular weight excluding hydrogens is 472 g/mol. The van der Waals surface area contributed by atoms with Crippen LogP contribution in [0, 0.1) is 10.1 Å². The minimum atomic E-state index is -4.36. The van der Waals surface area contributed by atoms with Crippen molar-refractivity contribution < 1.29 is 27.6 Å². The summed E-state index contributed by atoms with van der Waals surface area (Å²) in [6, 6.07) is 16.7. The van der Waals surface area contributed by atoms with Gasteiger partial charge in [0, 0.05) is 11.1 Å². The van der Waals surface area contributed by atoms with Crippen molar-refractivity contribution in [3.8, 4) is 11.5 Å². The standard InChI is InChI=1S/C22H19ClN2O7S/c1-2-31-18-11-9-17(10-12-18)24(33(29,30)19-13-7-16(23)8-14-19)22(26)15-32-21-6-4-3-5-20(21)25(27)28/h3-14H,2,15H2,1H3. The zero-order chi connectivity index (χ0) is 24.0. The molecule has 0 unspecified atom stereocenters. The highest BCUT2D eigenvalue weighted by Crippen LogP contribution is 2.29. The summed E-state index contributed by atoms with van der Waals surface area (Å²) in [6.45, 7) is 1.45. The molecular formula is C22H19ClN2O7S. The third-order valence-corrected chi connectivity index (χ3v) is 6.39. The molecule has 3 aromatic rings. The molecule has 1 amide bonds. The predicted molar refractivity (Wildman–Crippen MR) is 122 cm³/mol. The second kappa shape index (κ2) is 10.3. The molecule has 0 spiro atoms. The molecule has 0 N–H and O–H groups in total. The Kier molecular flexibility index (Phi) is 7.52. The van der Waals surface area contributed by atoms with Gasteiger partial charge in [-0.15, -0.1) is 0 Å². The van der Waals surface area contributed by atoms with E-state index in [9.17, 15) is 23.3 Å². The molecule has 172 valence electrons. The Balaban J connectivity index is 1.97. The van der Waals surface area contributed by atoms with Crippen molar-refractivity contribution in [2.45, 2.75) is 11.8 Å². The first kappa shape index (κ1) is 24.0. The van der Waals surface area contributed by atoms with Gasteiger partial charge in [0.15, 0.2) is 12.4 Å². The lowest BCUT2D eigenvalue weighted by molar-refractivity contribution is -0.385. The topological polar surface area (TPSA) is 116 Å². The van der Waals surface area contributed by atoms with Crippen LogP contribution in [0.15, 0.2) is 77.7 Å². The Hall–Kier alpha value is -3.63. The first-order chi connectivity index (χ1) is 15.7. The number of anilines is 1. The molecule has 0 radical (unpaired) electrons. The molecule has 0 atom stereocenters. The number of nitrogens with zero attached hydrogens (tertiary/aromatic N) is 2. The number of amides is 1. The maximum atomic E-state index is 13.3. The van der Waals surface area contributed by atoms with Gasteiger partial charge in [0.25, 0.3) is 15.9 Å². The van der Waals surface area contributed by atoms with Gasteiger partial charge in [-0.1, -0.05) is 23.7 Å². The second-order valence-corrected chi connectivity index (χ2v) is 8.78. The molecule has 9 nitrogen and oxygen atoms in total. The Morgan fingerprint density at radius 1 is 1.00 bits per heavy atom. The third-order valence-electron chi connectivity index (χ3n) is 4.37. The minimum absolute atomic E-state index is 0.0459. The van der Waals surface area contributed by atoms with Crippen molar-refractivity contribution in [3.05, 3.63) is 87.9 Å². The zero-order valence-corrected chi connectivity index (χ0v) is 19.0. The van der Waals surface area contributed by atoms with E-state index in [0.29, 0.717) is 21.7 Å². The molecule has 11 heteroatoms. The van der Waals surface area contributed by atoms with Gasteiger partial charge in [0.1, 0.15) is 5.75 Å². The molecule has 0 saturated heterocycles. The highest BCUT2D eigenvalue weighted by Gasteiger charge is 2.32. The summed E-state index contributed by atoms with van der Waals surface area (Å²) in [5.41, 5.74) is -0.303. The summed E-state index contributed by atoms with van der Waals surface area (Å²) >= 11 is 5.86. The van der Waals surface area contributed by atoms with Crippen LogP contribution in [0.4, 0.5) is 11.4 Å². The fourth-order valence-electron chi connectivity index (χ4n) is 2.90. The van der Waals surface area contributed by atoms with Crippen LogP contribution in [0.2, 0.25) is 5.02 Å². The number of carbonyl (C=O) groups is 1. The third kappa shape index (κ3) is 5.60. The molecule has 3 aromatic carbocycles. The first-order valence-electron chi connectivity index (χ1n) is 9.67. The summed E-state index contributed by atoms with van der Waals surface area (Å²) in [5.74, 6) is -0.618. The van der Waals surface area contributed by atoms with Crippen LogP contribution in [0.3, 0.4) is 0 Å². The van der Waals surface area contributed by atoms with Crippen molar-refractivity contribution in [3.63, 3.8) is 0 Å². The Bertz CT molecular complexity index is 1250. The first-order valence-corrected chi connectivity index (χ1v) is 11.5. The number of sulfonamides is 1. The smallest absolute Gasteiger partial charge is 0.310 e. The summed E-state index contributed by atoms with van der Waals surface area (Å²) in [6.07, 6.45) is 0. The van der Waals surface area contributed by atoms with Crippen molar-refractivity contribution in [1.82, 2.24) is 0 Å². The quantitative estimate of drug-likeness (QED) is 0.321. The molecule has 0 bridgehead atoms. The monoisotopic (exact) mass is 490 g/mol. The number of halogens is 1. The highest BCUT2D eigenvalue weighted by molar-refractivity contribution is 7.93. The van der Waals surface area contributed by atoms with Crippen LogP contribution in [0.25, 0.3) is 0 Å². The van der Waals surface area contributed by atoms with Crippen molar-refractivity contribution in [1.29, 1.82) is 0 Å². The molecule has 33 heavy (non-hydrogen) atoms. The molecule has 0 heterocycles. The van der Waals surface area contributed by atoms with E-state index in [1.807, 2.05) is 0 Å². The lowest BCUT2D eigenvalue weighted by Crippen LogP contribution is -2.40. The summed E-state index contributed by atoms with van der Waals surface area (Å²) < 4.78 is 38.0. The Morgan fingerprint density at radius 2 is 1.64 bits per heavy atom. The molecule has 0 aromatic heterocycles. The second-order valence-electron chi connectivity index (χ2n) is 6.56. The number of ether oxygens (including phenoxy) is 2. The number of hydrogen-bond acceptors (Lipinski definition) is 7. The van der Waals surface area contributed by atoms with Crippen LogP contribution in [0.1, 0.15) is 6.92 Å². The Labute approximate surface area is 195 Å². The number of nitro benzene ring substituents is 1. The predicted octanol–water partition coefficient (Wildman–Crippen LogP) is 4.45. The highest BCUT2D eigenvalue weighted by atomic mass is 35.5. The normalized spacial score (nSPS) is 11.0. The van der Waals surface area contributed by atoms with Gasteiger partial charge >= 0.3 is 5.69 Å². The maximum Gasteiger partial charge on any atom is 0.310 e. The molecule has 0 saturated carbocycles. The van der Waals surface area contributed by atoms with E-state index in [1.165, 1.54) is 72.8 Å². The van der Waals surface area contributed by atoms with E-state index >= 15 is 0 Å². The van der Waals surface area contributed by atoms with Crippen LogP contribution >= 0.6 is 11.6 Å². The SMILES string of the molecule is CCOc1ccc(N(C(=O)COc2ccccc2[N+](=O)[O-])S(=O)(=O)c2ccc(Cl)cc2)cc1. The van der Waals surface area contributed by atoms with Crippen LogP contribution in [-0.4, -0.2) is 32.5 Å². The number of benzene rings is 3. The van der Waals surface area contributed by atoms with Gasteiger partial charge in [0.2, 0.25) is 0 Å². The lowest BCUT2D eigenvalue weighted by atomic mass is 10.3. The van der Waals surface area contributed by atoms with E-state index in [1.54, 1.807) is 6.92 Å². The van der Waals surface area contributed by atoms with E-state index in [4.69, 9.17) is 21.1 Å². The van der Waals surface area contributed by atoms with E-state index in [-0.39, 0.29) is 22.0 Å². The largest absolute Gasteiger partial charge is 0.494 e. The number of carbonyl (C=O) groups excluding carboxylic acids is 1. The molecule has 0 fully saturated rings. The van der Waals surface area contributed by atoms with Gasteiger partial charge in [-0.05, 0) is 61.5 Å².